The average molecular weight is 235 g/mol. The minimum absolute atomic E-state index is 0.785. The summed E-state index contributed by atoms with van der Waals surface area (Å²) in [4.78, 5) is 0. The summed E-state index contributed by atoms with van der Waals surface area (Å²) in [6.45, 7) is 7.11. The molecular weight excluding hydrogens is 212 g/mol. The second-order valence-corrected chi connectivity index (χ2v) is 16.5. The lowest BCUT2D eigenvalue weighted by atomic mass is 10.8. The number of hydrogen-bond donors (Lipinski definition) is 0. The van der Waals surface area contributed by atoms with E-state index in [-0.39, 0.29) is 0 Å². The third-order valence-electron chi connectivity index (χ3n) is 4.34. The van der Waals surface area contributed by atoms with Crippen LogP contribution < -0.4 is 0 Å². The largest absolute Gasteiger partial charge is 0.167 e. The van der Waals surface area contributed by atoms with E-state index in [1.54, 1.807) is 12.1 Å². The van der Waals surface area contributed by atoms with Crippen LogP contribution in [0.2, 0.25) is 42.3 Å². The van der Waals surface area contributed by atoms with Gasteiger partial charge in [0.05, 0.1) is 8.07 Å². The summed E-state index contributed by atoms with van der Waals surface area (Å²) >= 11 is 6.66. The van der Waals surface area contributed by atoms with Crippen LogP contribution in [-0.2, 0) is 0 Å². The predicted octanol–water partition coefficient (Wildman–Crippen LogP) is 4.69. The van der Waals surface area contributed by atoms with Gasteiger partial charge in [0.2, 0.25) is 0 Å². The Morgan fingerprint density at radius 2 is 1.31 bits per heavy atom. The molecule has 1 aliphatic rings. The molecule has 0 aliphatic carbocycles. The summed E-state index contributed by atoms with van der Waals surface area (Å²) in [7, 11) is -2.01. The molecule has 1 heterocycles. The van der Waals surface area contributed by atoms with Crippen molar-refractivity contribution in [1.82, 2.24) is 0 Å². The lowest BCUT2D eigenvalue weighted by Gasteiger charge is -2.40. The summed E-state index contributed by atoms with van der Waals surface area (Å²) in [6, 6.07) is 10.2. The second kappa shape index (κ2) is 4.50. The Labute approximate surface area is 89.8 Å². The lowest BCUT2D eigenvalue weighted by Crippen LogP contribution is -2.43. The van der Waals surface area contributed by atoms with Gasteiger partial charge < -0.3 is 0 Å². The third-order valence-corrected chi connectivity index (χ3v) is 16.5. The van der Waals surface area contributed by atoms with Crippen molar-refractivity contribution in [3.63, 3.8) is 0 Å². The predicted molar refractivity (Wildman–Crippen MR) is 68.0 cm³/mol. The van der Waals surface area contributed by atoms with Crippen molar-refractivity contribution in [3.8, 4) is 0 Å². The van der Waals surface area contributed by atoms with Crippen LogP contribution in [0.1, 0.15) is 20.8 Å². The van der Waals surface area contributed by atoms with Gasteiger partial charge in [-0.25, -0.2) is 0 Å². The molecule has 0 radical (unpaired) electrons. The Morgan fingerprint density at radius 1 is 0.846 bits per heavy atom. The van der Waals surface area contributed by atoms with Crippen molar-refractivity contribution in [2.24, 2.45) is 0 Å². The van der Waals surface area contributed by atoms with E-state index in [1.165, 1.54) is 30.2 Å². The fourth-order valence-electron chi connectivity index (χ4n) is 2.54. The molecule has 0 aromatic heterocycles. The van der Waals surface area contributed by atoms with E-state index >= 15 is 0 Å². The molecule has 0 atom stereocenters. The fraction of sp³-hybridized carbons (Fsp3) is 1.00. The van der Waals surface area contributed by atoms with Crippen molar-refractivity contribution in [2.45, 2.75) is 63.1 Å². The molecule has 0 nitrogen and oxygen atoms in total. The van der Waals surface area contributed by atoms with E-state index in [1.807, 2.05) is 0 Å². The highest BCUT2D eigenvalue weighted by molar-refractivity contribution is 7.21. The maximum atomic E-state index is 6.66. The van der Waals surface area contributed by atoms with Gasteiger partial charge in [0.25, 0.3) is 0 Å². The van der Waals surface area contributed by atoms with E-state index in [4.69, 9.17) is 11.1 Å². The Kier molecular flexibility index (Phi) is 4.08. The molecule has 0 spiro atoms. The van der Waals surface area contributed by atoms with Crippen LogP contribution in [0.3, 0.4) is 0 Å². The molecule has 0 aromatic rings. The van der Waals surface area contributed by atoms with Gasteiger partial charge in [-0.2, -0.15) is 11.1 Å². The highest BCUT2D eigenvalue weighted by Gasteiger charge is 2.41. The zero-order valence-corrected chi connectivity index (χ0v) is 12.1. The van der Waals surface area contributed by atoms with Crippen LogP contribution in [-0.4, -0.2) is 15.5 Å². The number of rotatable bonds is 3. The number of halogens is 1. The van der Waals surface area contributed by atoms with Gasteiger partial charge in [-0.05, 0) is 18.1 Å². The molecule has 78 valence electrons. The molecule has 1 rings (SSSR count). The molecule has 0 amide bonds. The van der Waals surface area contributed by atoms with Crippen molar-refractivity contribution < 1.29 is 0 Å². The number of hydrogen-bond acceptors (Lipinski definition) is 0. The van der Waals surface area contributed by atoms with Crippen molar-refractivity contribution >= 4 is 26.5 Å². The van der Waals surface area contributed by atoms with E-state index in [9.17, 15) is 0 Å². The summed E-state index contributed by atoms with van der Waals surface area (Å²) in [5.41, 5.74) is 0. The topological polar surface area (TPSA) is 0 Å². The molecule has 1 fully saturated rings. The molecular formula is C10H23ClSi2. The van der Waals surface area contributed by atoms with Crippen LogP contribution >= 0.6 is 11.1 Å². The zero-order chi connectivity index (χ0) is 9.95. The smallest absolute Gasteiger partial charge is 0.155 e. The van der Waals surface area contributed by atoms with E-state index < -0.39 is 15.5 Å². The average Bonchev–Trinajstić information content (AvgIpc) is 2.20. The van der Waals surface area contributed by atoms with Gasteiger partial charge in [-0.15, -0.1) is 0 Å². The van der Waals surface area contributed by atoms with Gasteiger partial charge in [-0.3, -0.25) is 0 Å². The molecule has 0 aromatic carbocycles. The second-order valence-electron chi connectivity index (χ2n) is 4.71. The minimum atomic E-state index is -1.22. The van der Waals surface area contributed by atoms with Crippen LogP contribution in [0.25, 0.3) is 0 Å². The maximum Gasteiger partial charge on any atom is 0.155 e. The molecule has 0 N–H and O–H groups in total. The SMILES string of the molecule is CC[Si]1(Cl)CC[Si](CC)(CC)CC1. The fourth-order valence-corrected chi connectivity index (χ4v) is 15.2. The summed E-state index contributed by atoms with van der Waals surface area (Å²) < 4.78 is 0. The van der Waals surface area contributed by atoms with E-state index in [0.717, 1.165) is 0 Å². The van der Waals surface area contributed by atoms with E-state index in [2.05, 4.69) is 20.8 Å². The standard InChI is InChI=1S/C10H23ClSi2/c1-4-12(5-2)7-9-13(11,6-3)10-8-12/h4-10H2,1-3H3. The minimum Gasteiger partial charge on any atom is -0.167 e. The van der Waals surface area contributed by atoms with Crippen LogP contribution in [0.5, 0.6) is 0 Å². The molecule has 0 bridgehead atoms. The first-order valence-electron chi connectivity index (χ1n) is 5.79. The van der Waals surface area contributed by atoms with Crippen molar-refractivity contribution in [1.29, 1.82) is 0 Å². The Balaban J connectivity index is 2.54. The maximum absolute atomic E-state index is 6.66. The van der Waals surface area contributed by atoms with E-state index in [0.29, 0.717) is 0 Å². The van der Waals surface area contributed by atoms with Gasteiger partial charge in [0.15, 0.2) is 7.38 Å². The molecule has 1 saturated heterocycles. The monoisotopic (exact) mass is 234 g/mol. The zero-order valence-electron chi connectivity index (χ0n) is 9.33. The van der Waals surface area contributed by atoms with Gasteiger partial charge in [0, 0.05) is 0 Å². The lowest BCUT2D eigenvalue weighted by molar-refractivity contribution is 1.03. The highest BCUT2D eigenvalue weighted by Crippen LogP contribution is 2.43. The Bertz CT molecular complexity index is 156. The Hall–Kier alpha value is 0.724. The summed E-state index contributed by atoms with van der Waals surface area (Å²) in [5, 5.41) is 0. The quantitative estimate of drug-likeness (QED) is 0.491. The molecule has 3 heteroatoms. The van der Waals surface area contributed by atoms with Gasteiger partial charge >= 0.3 is 0 Å². The van der Waals surface area contributed by atoms with Gasteiger partial charge in [-0.1, -0.05) is 44.9 Å². The van der Waals surface area contributed by atoms with Crippen molar-refractivity contribution in [3.05, 3.63) is 0 Å². The third kappa shape index (κ3) is 2.60. The molecule has 0 saturated carbocycles. The van der Waals surface area contributed by atoms with Crippen molar-refractivity contribution in [2.75, 3.05) is 0 Å². The van der Waals surface area contributed by atoms with Crippen LogP contribution in [0.15, 0.2) is 0 Å². The summed E-state index contributed by atoms with van der Waals surface area (Å²) in [5.74, 6) is 0. The first-order chi connectivity index (χ1) is 6.10. The first-order valence-corrected chi connectivity index (χ1v) is 12.2. The highest BCUT2D eigenvalue weighted by atomic mass is 35.6. The summed E-state index contributed by atoms with van der Waals surface area (Å²) in [6.07, 6.45) is 0. The molecule has 1 aliphatic heterocycles. The van der Waals surface area contributed by atoms with Gasteiger partial charge in [0.1, 0.15) is 0 Å². The molecule has 13 heavy (non-hydrogen) atoms. The Morgan fingerprint density at radius 3 is 1.62 bits per heavy atom. The first kappa shape index (κ1) is 11.8. The molecule has 0 unspecified atom stereocenters. The van der Waals surface area contributed by atoms with Crippen LogP contribution in [0, 0.1) is 0 Å². The van der Waals surface area contributed by atoms with Crippen LogP contribution in [0.4, 0.5) is 0 Å². The normalized spacial score (nSPS) is 25.8.